The van der Waals surface area contributed by atoms with Gasteiger partial charge in [-0.05, 0) is 25.3 Å². The van der Waals surface area contributed by atoms with Gasteiger partial charge in [0.25, 0.3) is 0 Å². The number of benzene rings is 1. The van der Waals surface area contributed by atoms with E-state index in [0.29, 0.717) is 0 Å². The average molecular weight is 264 g/mol. The van der Waals surface area contributed by atoms with Gasteiger partial charge in [0.1, 0.15) is 12.7 Å². The molecule has 106 valence electrons. The average Bonchev–Trinajstić information content (AvgIpc) is 2.42. The van der Waals surface area contributed by atoms with E-state index < -0.39 is 6.16 Å². The van der Waals surface area contributed by atoms with Crippen molar-refractivity contribution in [3.05, 3.63) is 35.9 Å². The fraction of sp³-hybridized carbons (Fsp3) is 0.562. The second-order valence-corrected chi connectivity index (χ2v) is 4.80. The molecule has 0 amide bonds. The van der Waals surface area contributed by atoms with Crippen LogP contribution in [-0.4, -0.2) is 12.3 Å². The SMILES string of the molecule is CCCCCCC(C)OC(=O)OCc1ccccc1. The molecule has 0 aliphatic carbocycles. The molecule has 0 heterocycles. The van der Waals surface area contributed by atoms with E-state index in [9.17, 15) is 4.79 Å². The quantitative estimate of drug-likeness (QED) is 0.504. The molecule has 0 N–H and O–H groups in total. The summed E-state index contributed by atoms with van der Waals surface area (Å²) in [6.45, 7) is 4.36. The highest BCUT2D eigenvalue weighted by atomic mass is 16.7. The number of rotatable bonds is 8. The fourth-order valence-corrected chi connectivity index (χ4v) is 1.83. The molecule has 1 aromatic rings. The molecule has 0 aromatic heterocycles. The van der Waals surface area contributed by atoms with Crippen LogP contribution in [0.5, 0.6) is 0 Å². The molecule has 1 atom stereocenters. The minimum absolute atomic E-state index is 0.0693. The highest BCUT2D eigenvalue weighted by Gasteiger charge is 2.10. The maximum absolute atomic E-state index is 11.5. The zero-order chi connectivity index (χ0) is 13.9. The van der Waals surface area contributed by atoms with Crippen molar-refractivity contribution in [3.63, 3.8) is 0 Å². The van der Waals surface area contributed by atoms with E-state index in [1.807, 2.05) is 37.3 Å². The number of hydrogen-bond acceptors (Lipinski definition) is 3. The molecule has 1 aromatic carbocycles. The second-order valence-electron chi connectivity index (χ2n) is 4.80. The number of carbonyl (C=O) groups excluding carboxylic acids is 1. The second kappa shape index (κ2) is 9.42. The Bertz CT molecular complexity index is 348. The van der Waals surface area contributed by atoms with E-state index in [1.54, 1.807) is 0 Å². The van der Waals surface area contributed by atoms with Crippen molar-refractivity contribution >= 4 is 6.16 Å². The lowest BCUT2D eigenvalue weighted by atomic mass is 10.1. The Morgan fingerprint density at radius 3 is 2.58 bits per heavy atom. The summed E-state index contributed by atoms with van der Waals surface area (Å²) in [6, 6.07) is 9.60. The zero-order valence-corrected chi connectivity index (χ0v) is 11.9. The molecule has 19 heavy (non-hydrogen) atoms. The number of ether oxygens (including phenoxy) is 2. The van der Waals surface area contributed by atoms with E-state index >= 15 is 0 Å². The third kappa shape index (κ3) is 7.50. The predicted octanol–water partition coefficient (Wildman–Crippen LogP) is 4.70. The first-order valence-corrected chi connectivity index (χ1v) is 7.09. The standard InChI is InChI=1S/C16H24O3/c1-3-4-5-7-10-14(2)19-16(17)18-13-15-11-8-6-9-12-15/h6,8-9,11-12,14H,3-5,7,10,13H2,1-2H3. The molecule has 0 fully saturated rings. The van der Waals surface area contributed by atoms with Crippen LogP contribution in [0.3, 0.4) is 0 Å². The largest absolute Gasteiger partial charge is 0.508 e. The Kier molecular flexibility index (Phi) is 7.71. The van der Waals surface area contributed by atoms with Crippen molar-refractivity contribution < 1.29 is 14.3 Å². The van der Waals surface area contributed by atoms with Crippen LogP contribution < -0.4 is 0 Å². The lowest BCUT2D eigenvalue weighted by Gasteiger charge is -2.13. The van der Waals surface area contributed by atoms with Gasteiger partial charge in [0.2, 0.25) is 0 Å². The first kappa shape index (κ1) is 15.5. The zero-order valence-electron chi connectivity index (χ0n) is 11.9. The maximum Gasteiger partial charge on any atom is 0.508 e. The van der Waals surface area contributed by atoms with Crippen molar-refractivity contribution in [2.45, 2.75) is 58.7 Å². The van der Waals surface area contributed by atoms with Gasteiger partial charge in [-0.3, -0.25) is 0 Å². The minimum Gasteiger partial charge on any atom is -0.431 e. The summed E-state index contributed by atoms with van der Waals surface area (Å²) >= 11 is 0. The highest BCUT2D eigenvalue weighted by molar-refractivity contribution is 5.60. The van der Waals surface area contributed by atoms with Crippen LogP contribution >= 0.6 is 0 Å². The van der Waals surface area contributed by atoms with Gasteiger partial charge in [0, 0.05) is 0 Å². The number of hydrogen-bond donors (Lipinski definition) is 0. The third-order valence-electron chi connectivity index (χ3n) is 2.96. The minimum atomic E-state index is -0.577. The van der Waals surface area contributed by atoms with Gasteiger partial charge >= 0.3 is 6.16 Å². The molecule has 0 radical (unpaired) electrons. The van der Waals surface area contributed by atoms with Gasteiger partial charge in [-0.25, -0.2) is 4.79 Å². The van der Waals surface area contributed by atoms with Crippen molar-refractivity contribution in [2.24, 2.45) is 0 Å². The van der Waals surface area contributed by atoms with Crippen molar-refractivity contribution in [2.75, 3.05) is 0 Å². The first-order valence-electron chi connectivity index (χ1n) is 7.09. The number of unbranched alkanes of at least 4 members (excludes halogenated alkanes) is 3. The summed E-state index contributed by atoms with van der Waals surface area (Å²) in [4.78, 5) is 11.5. The predicted molar refractivity (Wildman–Crippen MR) is 75.9 cm³/mol. The third-order valence-corrected chi connectivity index (χ3v) is 2.96. The van der Waals surface area contributed by atoms with Crippen LogP contribution in [0.25, 0.3) is 0 Å². The van der Waals surface area contributed by atoms with E-state index in [1.165, 1.54) is 19.3 Å². The monoisotopic (exact) mass is 264 g/mol. The molecule has 1 rings (SSSR count). The summed E-state index contributed by atoms with van der Waals surface area (Å²) in [5.74, 6) is 0. The summed E-state index contributed by atoms with van der Waals surface area (Å²) in [5.41, 5.74) is 0.968. The summed E-state index contributed by atoms with van der Waals surface area (Å²) < 4.78 is 10.3. The molecule has 0 bridgehead atoms. The molecular weight excluding hydrogens is 240 g/mol. The number of carbonyl (C=O) groups is 1. The molecule has 0 aliphatic heterocycles. The summed E-state index contributed by atoms with van der Waals surface area (Å²) in [7, 11) is 0. The van der Waals surface area contributed by atoms with Crippen LogP contribution in [-0.2, 0) is 16.1 Å². The van der Waals surface area contributed by atoms with Gasteiger partial charge < -0.3 is 9.47 Å². The smallest absolute Gasteiger partial charge is 0.431 e. The molecule has 0 saturated heterocycles. The van der Waals surface area contributed by atoms with E-state index in [4.69, 9.17) is 9.47 Å². The fourth-order valence-electron chi connectivity index (χ4n) is 1.83. The Morgan fingerprint density at radius 1 is 1.16 bits per heavy atom. The lowest BCUT2D eigenvalue weighted by Crippen LogP contribution is -2.16. The Morgan fingerprint density at radius 2 is 1.89 bits per heavy atom. The van der Waals surface area contributed by atoms with Gasteiger partial charge in [0.05, 0.1) is 0 Å². The van der Waals surface area contributed by atoms with Crippen LogP contribution in [0.4, 0.5) is 4.79 Å². The molecule has 0 saturated carbocycles. The van der Waals surface area contributed by atoms with Crippen molar-refractivity contribution in [1.82, 2.24) is 0 Å². The van der Waals surface area contributed by atoms with E-state index in [2.05, 4.69) is 6.92 Å². The van der Waals surface area contributed by atoms with E-state index in [0.717, 1.165) is 18.4 Å². The molecule has 1 unspecified atom stereocenters. The molecule has 0 spiro atoms. The maximum atomic E-state index is 11.5. The van der Waals surface area contributed by atoms with Crippen LogP contribution in [0, 0.1) is 0 Å². The van der Waals surface area contributed by atoms with Gasteiger partial charge in [-0.1, -0.05) is 56.5 Å². The van der Waals surface area contributed by atoms with Crippen LogP contribution in [0.15, 0.2) is 30.3 Å². The van der Waals surface area contributed by atoms with Gasteiger partial charge in [-0.2, -0.15) is 0 Å². The van der Waals surface area contributed by atoms with Gasteiger partial charge in [-0.15, -0.1) is 0 Å². The topological polar surface area (TPSA) is 35.5 Å². The van der Waals surface area contributed by atoms with Crippen molar-refractivity contribution in [3.8, 4) is 0 Å². The normalized spacial score (nSPS) is 11.9. The lowest BCUT2D eigenvalue weighted by molar-refractivity contribution is 0.0215. The summed E-state index contributed by atoms with van der Waals surface area (Å²) in [5, 5.41) is 0. The van der Waals surface area contributed by atoms with Crippen molar-refractivity contribution in [1.29, 1.82) is 0 Å². The molecule has 0 aliphatic rings. The van der Waals surface area contributed by atoms with Gasteiger partial charge in [0.15, 0.2) is 0 Å². The summed E-state index contributed by atoms with van der Waals surface area (Å²) in [6.07, 6.45) is 5.01. The Labute approximate surface area is 115 Å². The van der Waals surface area contributed by atoms with E-state index in [-0.39, 0.29) is 12.7 Å². The van der Waals surface area contributed by atoms with Crippen LogP contribution in [0.1, 0.15) is 51.5 Å². The molecule has 3 heteroatoms. The first-order chi connectivity index (χ1) is 9.22. The Balaban J connectivity index is 2.13. The van der Waals surface area contributed by atoms with Crippen LogP contribution in [0.2, 0.25) is 0 Å². The molecule has 3 nitrogen and oxygen atoms in total. The Hall–Kier alpha value is -1.51. The molecular formula is C16H24O3. The highest BCUT2D eigenvalue weighted by Crippen LogP contribution is 2.09.